The molecule has 23 heteroatoms. The van der Waals surface area contributed by atoms with E-state index < -0.39 is 168 Å². The zero-order chi connectivity index (χ0) is 64.9. The first kappa shape index (κ1) is 65.5. The lowest BCUT2D eigenvalue weighted by molar-refractivity contribution is -0.346. The van der Waals surface area contributed by atoms with Gasteiger partial charge in [0.1, 0.15) is 42.1 Å². The minimum Gasteiger partial charge on any atom is -0.481 e. The summed E-state index contributed by atoms with van der Waals surface area (Å²) in [5.41, 5.74) is -7.67. The molecule has 4 N–H and O–H groups in total. The van der Waals surface area contributed by atoms with E-state index in [1.165, 1.54) is 70.4 Å². The highest BCUT2D eigenvalue weighted by atomic mass is 79.9. The van der Waals surface area contributed by atoms with Gasteiger partial charge in [-0.3, -0.25) is 43.3 Å². The number of nitrogens with zero attached hydrogens (tertiary/aromatic N) is 1. The molecule has 2 bridgehead atoms. The number of esters is 6. The Morgan fingerprint density at radius 1 is 0.744 bits per heavy atom. The molecule has 0 spiro atoms. The van der Waals surface area contributed by atoms with Crippen LogP contribution in [0.5, 0.6) is 0 Å². The number of carboxylic acids is 1. The minimum atomic E-state index is -2.63. The van der Waals surface area contributed by atoms with Gasteiger partial charge in [-0.05, 0) is 82.2 Å². The van der Waals surface area contributed by atoms with E-state index in [9.17, 15) is 48.6 Å². The Bertz CT molecular complexity index is 3610. The van der Waals surface area contributed by atoms with Crippen LogP contribution >= 0.6 is 15.9 Å². The number of halogens is 1. The molecule has 1 saturated heterocycles. The van der Waals surface area contributed by atoms with Crippen LogP contribution in [0.3, 0.4) is 0 Å². The smallest absolute Gasteiger partial charge is 0.350 e. The normalized spacial score (nSPS) is 25.6. The molecule has 0 radical (unpaired) electrons. The van der Waals surface area contributed by atoms with Gasteiger partial charge in [-0.15, -0.1) is 0 Å². The number of amides is 2. The van der Waals surface area contributed by atoms with Crippen LogP contribution in [0.4, 0.5) is 0 Å². The first-order valence-corrected chi connectivity index (χ1v) is 29.9. The van der Waals surface area contributed by atoms with Crippen molar-refractivity contribution in [2.75, 3.05) is 6.61 Å². The van der Waals surface area contributed by atoms with Crippen molar-refractivity contribution in [1.29, 1.82) is 0 Å². The lowest BCUT2D eigenvalue weighted by atomic mass is 9.44. The molecule has 2 heterocycles. The number of ether oxygens (including phenoxy) is 7. The van der Waals surface area contributed by atoms with Gasteiger partial charge in [-0.1, -0.05) is 123 Å². The maximum Gasteiger partial charge on any atom is 0.350 e. The number of nitrogens with one attached hydrogen (secondary N) is 2. The summed E-state index contributed by atoms with van der Waals surface area (Å²) in [7, 11) is 0. The number of carbonyl (C=O) groups is 10. The second-order valence-electron chi connectivity index (χ2n) is 23.6. The largest absolute Gasteiger partial charge is 0.481 e. The standard InChI is InChI=1S/C67H68BrN3O19/c1-37-47(86-63(82)56(88-52(77)30-41-21-13-8-14-22-41)54(42-23-15-9-16-24-42)71-61(80)46(27-28-50(74)75)70-60(79)44-31-45(68)35-69-34-44)33-67(83)59(89-62(81)43-25-17-10-18-26-43)57-65(6,58(78)55(85-38(2)72)53(37)64(67,4)5)48(32-49-66(57,36-84-49)90-39(3)73)87-51(76)29-40-19-11-7-12-20-40/h7-26,31,34-35,46-49,54-57,59,83H,27-30,32-33,36H2,1-6H3,(H,70,79)(H,71,80)(H,74,75)/t46-,47+,48+,49-,54+,55-,56-,57+,59+,65-,66+,67-/m1/s1. The van der Waals surface area contributed by atoms with Crippen molar-refractivity contribution in [2.24, 2.45) is 16.7 Å². The van der Waals surface area contributed by atoms with Crippen molar-refractivity contribution in [1.82, 2.24) is 15.6 Å². The third-order valence-corrected chi connectivity index (χ3v) is 18.0. The first-order valence-electron chi connectivity index (χ1n) is 29.2. The molecule has 5 aromatic rings. The Morgan fingerprint density at radius 2 is 1.34 bits per heavy atom. The summed E-state index contributed by atoms with van der Waals surface area (Å²) in [4.78, 5) is 148. The zero-order valence-corrected chi connectivity index (χ0v) is 51.7. The predicted octanol–water partition coefficient (Wildman–Crippen LogP) is 6.83. The number of fused-ring (bicyclic) bond motifs is 5. The van der Waals surface area contributed by atoms with E-state index in [4.69, 9.17) is 33.2 Å². The van der Waals surface area contributed by atoms with Crippen LogP contribution in [0.15, 0.2) is 155 Å². The van der Waals surface area contributed by atoms with E-state index in [0.717, 1.165) is 13.8 Å². The molecule has 2 saturated carbocycles. The van der Waals surface area contributed by atoms with Gasteiger partial charge >= 0.3 is 41.8 Å². The van der Waals surface area contributed by atoms with Gasteiger partial charge in [0.25, 0.3) is 5.91 Å². The number of pyridine rings is 1. The molecule has 3 fully saturated rings. The molecule has 472 valence electrons. The molecule has 22 nitrogen and oxygen atoms in total. The Hall–Kier alpha value is -8.93. The van der Waals surface area contributed by atoms with Crippen LogP contribution in [0.1, 0.15) is 111 Å². The van der Waals surface area contributed by atoms with Gasteiger partial charge in [-0.2, -0.15) is 0 Å². The van der Waals surface area contributed by atoms with E-state index in [2.05, 4.69) is 31.5 Å². The van der Waals surface area contributed by atoms with Gasteiger partial charge in [0.05, 0.1) is 41.9 Å². The van der Waals surface area contributed by atoms with Crippen molar-refractivity contribution in [3.05, 3.63) is 183 Å². The molecule has 90 heavy (non-hydrogen) atoms. The first-order chi connectivity index (χ1) is 42.8. The lowest BCUT2D eigenvalue weighted by Crippen LogP contribution is -2.82. The van der Waals surface area contributed by atoms with E-state index in [-0.39, 0.29) is 40.7 Å². The van der Waals surface area contributed by atoms with Gasteiger partial charge in [0.2, 0.25) is 12.0 Å². The monoisotopic (exact) mass is 1300 g/mol. The molecule has 1 aromatic heterocycles. The molecule has 4 aromatic carbocycles. The Kier molecular flexibility index (Phi) is 19.7. The predicted molar refractivity (Wildman–Crippen MR) is 320 cm³/mol. The number of Topliss-reactive ketones (excluding diaryl/α,β-unsaturated/α-hetero) is 1. The van der Waals surface area contributed by atoms with Crippen LogP contribution in [-0.4, -0.2) is 135 Å². The highest BCUT2D eigenvalue weighted by molar-refractivity contribution is 9.10. The third-order valence-electron chi connectivity index (χ3n) is 17.6. The number of hydrogen-bond donors (Lipinski definition) is 4. The molecule has 4 aliphatic rings. The highest BCUT2D eigenvalue weighted by Gasteiger charge is 2.79. The summed E-state index contributed by atoms with van der Waals surface area (Å²) in [6.45, 7) is 7.61. The number of benzene rings is 4. The minimum absolute atomic E-state index is 0.00113. The number of aliphatic hydroxyl groups is 1. The molecular formula is C67H68BrN3O19. The van der Waals surface area contributed by atoms with Gasteiger partial charge < -0.3 is 54.0 Å². The van der Waals surface area contributed by atoms with Crippen LogP contribution in [0.25, 0.3) is 0 Å². The van der Waals surface area contributed by atoms with Crippen LogP contribution in [0, 0.1) is 16.7 Å². The maximum atomic E-state index is 16.6. The Balaban J connectivity index is 1.20. The average Bonchev–Trinajstić information content (AvgIpc) is 0.670. The molecule has 1 aliphatic heterocycles. The van der Waals surface area contributed by atoms with E-state index in [0.29, 0.717) is 15.6 Å². The number of aliphatic carboxylic acids is 1. The van der Waals surface area contributed by atoms with E-state index in [1.54, 1.807) is 97.1 Å². The molecule has 9 rings (SSSR count). The fourth-order valence-electron chi connectivity index (χ4n) is 13.1. The Morgan fingerprint density at radius 3 is 1.91 bits per heavy atom. The lowest BCUT2D eigenvalue weighted by Gasteiger charge is -2.67. The van der Waals surface area contributed by atoms with Crippen molar-refractivity contribution in [3.8, 4) is 0 Å². The number of carboxylic acid groups (broad SMARTS) is 1. The number of ketones is 1. The van der Waals surface area contributed by atoms with Crippen molar-refractivity contribution in [3.63, 3.8) is 0 Å². The second kappa shape index (κ2) is 27.0. The number of aromatic nitrogens is 1. The SMILES string of the molecule is CC(=O)O[C@H]1C(=O)[C@]2(C)[C@@H](OC(=O)Cc3ccccc3)C[C@H]3OC[C@@]3(OC(C)=O)[C@H]2[C@H](OC(=O)c2ccccc2)[C@]2(O)C[C@H](OC(=O)[C@H](OC(=O)Cc3ccccc3)[C@@H](NC(=O)[C@@H](CCC(=O)O)NC(=O)c3cncc(Br)c3)c3ccccc3)C(C)=C1C2(C)C. The van der Waals surface area contributed by atoms with E-state index >= 15 is 9.59 Å². The van der Waals surface area contributed by atoms with Gasteiger partial charge in [0.15, 0.2) is 17.5 Å². The fourth-order valence-corrected chi connectivity index (χ4v) is 13.5. The molecular weight excluding hydrogens is 1230 g/mol. The number of hydrogen-bond acceptors (Lipinski definition) is 19. The van der Waals surface area contributed by atoms with Crippen molar-refractivity contribution in [2.45, 2.75) is 140 Å². The van der Waals surface area contributed by atoms with Crippen molar-refractivity contribution >= 4 is 75.3 Å². The zero-order valence-electron chi connectivity index (χ0n) is 50.1. The van der Waals surface area contributed by atoms with Crippen LogP contribution < -0.4 is 10.6 Å². The Labute approximate surface area is 526 Å². The second-order valence-corrected chi connectivity index (χ2v) is 24.5. The summed E-state index contributed by atoms with van der Waals surface area (Å²) in [5.74, 6) is -11.9. The fraction of sp³-hybridized carbons (Fsp3) is 0.388. The molecule has 3 aliphatic carbocycles. The number of rotatable bonds is 21. The molecule has 2 amide bonds. The van der Waals surface area contributed by atoms with Crippen molar-refractivity contribution < 1.29 is 91.3 Å². The quantitative estimate of drug-likeness (QED) is 0.0332. The number of carbonyl (C=O) groups excluding carboxylic acids is 9. The average molecular weight is 1300 g/mol. The van der Waals surface area contributed by atoms with E-state index in [1.807, 2.05) is 0 Å². The molecule has 0 unspecified atom stereocenters. The summed E-state index contributed by atoms with van der Waals surface area (Å²) in [6.07, 6.45) is -10.8. The third kappa shape index (κ3) is 13.5. The molecule has 12 atom stereocenters. The highest BCUT2D eigenvalue weighted by Crippen LogP contribution is 2.65. The van der Waals surface area contributed by atoms with Gasteiger partial charge in [-0.25, -0.2) is 9.59 Å². The van der Waals surface area contributed by atoms with Crippen LogP contribution in [-0.2, 0) is 84.4 Å². The van der Waals surface area contributed by atoms with Gasteiger partial charge in [0, 0.05) is 55.4 Å². The summed E-state index contributed by atoms with van der Waals surface area (Å²) >= 11 is 3.27. The maximum absolute atomic E-state index is 16.6. The summed E-state index contributed by atoms with van der Waals surface area (Å²) in [6, 6.07) is 30.4. The topological polar surface area (TPSA) is 313 Å². The summed E-state index contributed by atoms with van der Waals surface area (Å²) in [5, 5.41) is 29.5. The summed E-state index contributed by atoms with van der Waals surface area (Å²) < 4.78 is 44.6. The van der Waals surface area contributed by atoms with Crippen LogP contribution in [0.2, 0.25) is 0 Å².